The van der Waals surface area contributed by atoms with Gasteiger partial charge in [-0.1, -0.05) is 17.8 Å². The van der Waals surface area contributed by atoms with Gasteiger partial charge in [-0.05, 0) is 36.4 Å². The van der Waals surface area contributed by atoms with Crippen LogP contribution >= 0.6 is 11.8 Å². The molecule has 4 heteroatoms. The highest BCUT2D eigenvalue weighted by Gasteiger charge is 2.08. The molecule has 0 aromatic heterocycles. The molecule has 2 aromatic rings. The van der Waals surface area contributed by atoms with Crippen molar-refractivity contribution in [2.75, 3.05) is 7.11 Å². The number of halogens is 1. The highest BCUT2D eigenvalue weighted by atomic mass is 32.2. The molecule has 0 unspecified atom stereocenters. The minimum atomic E-state index is -0.254. The zero-order valence-corrected chi connectivity index (χ0v) is 10.8. The van der Waals surface area contributed by atoms with E-state index in [1.165, 1.54) is 17.8 Å². The van der Waals surface area contributed by atoms with E-state index in [2.05, 4.69) is 0 Å². The van der Waals surface area contributed by atoms with Crippen molar-refractivity contribution in [2.24, 2.45) is 5.73 Å². The number of hydrogen-bond donors (Lipinski definition) is 1. The van der Waals surface area contributed by atoms with Crippen molar-refractivity contribution in [3.63, 3.8) is 0 Å². The van der Waals surface area contributed by atoms with E-state index in [-0.39, 0.29) is 12.4 Å². The molecule has 0 saturated carbocycles. The lowest BCUT2D eigenvalue weighted by atomic mass is 10.2. The van der Waals surface area contributed by atoms with Crippen molar-refractivity contribution >= 4 is 11.8 Å². The van der Waals surface area contributed by atoms with E-state index in [4.69, 9.17) is 10.5 Å². The van der Waals surface area contributed by atoms with E-state index >= 15 is 0 Å². The molecule has 94 valence electrons. The van der Waals surface area contributed by atoms with Crippen LogP contribution in [0.25, 0.3) is 0 Å². The maximum Gasteiger partial charge on any atom is 0.128 e. The van der Waals surface area contributed by atoms with Gasteiger partial charge in [-0.2, -0.15) is 0 Å². The van der Waals surface area contributed by atoms with Crippen LogP contribution in [0, 0.1) is 5.82 Å². The van der Waals surface area contributed by atoms with Gasteiger partial charge in [0.2, 0.25) is 0 Å². The topological polar surface area (TPSA) is 35.2 Å². The minimum Gasteiger partial charge on any atom is -0.497 e. The zero-order valence-electron chi connectivity index (χ0n) is 10.0. The molecular weight excluding hydrogens is 249 g/mol. The summed E-state index contributed by atoms with van der Waals surface area (Å²) in [6.07, 6.45) is 0. The van der Waals surface area contributed by atoms with E-state index in [1.807, 2.05) is 30.3 Å². The molecule has 0 atom stereocenters. The maximum absolute atomic E-state index is 13.6. The molecule has 2 N–H and O–H groups in total. The predicted octanol–water partition coefficient (Wildman–Crippen LogP) is 3.44. The van der Waals surface area contributed by atoms with Crippen molar-refractivity contribution in [1.29, 1.82) is 0 Å². The molecule has 0 heterocycles. The summed E-state index contributed by atoms with van der Waals surface area (Å²) >= 11 is 1.50. The third kappa shape index (κ3) is 2.83. The zero-order chi connectivity index (χ0) is 13.0. The second kappa shape index (κ2) is 5.89. The Bertz CT molecular complexity index is 528. The molecule has 0 aliphatic carbocycles. The van der Waals surface area contributed by atoms with Gasteiger partial charge in [-0.3, -0.25) is 0 Å². The second-order valence-electron chi connectivity index (χ2n) is 3.70. The number of ether oxygens (including phenoxy) is 1. The first-order chi connectivity index (χ1) is 8.74. The molecular formula is C14H14FNOS. The van der Waals surface area contributed by atoms with Gasteiger partial charge in [0.05, 0.1) is 7.11 Å². The molecule has 0 saturated heterocycles. The van der Waals surface area contributed by atoms with E-state index in [0.717, 1.165) is 15.5 Å². The Balaban J connectivity index is 2.25. The number of hydrogen-bond acceptors (Lipinski definition) is 3. The van der Waals surface area contributed by atoms with Crippen LogP contribution in [-0.4, -0.2) is 7.11 Å². The monoisotopic (exact) mass is 263 g/mol. The fourth-order valence-electron chi connectivity index (χ4n) is 1.60. The molecule has 2 rings (SSSR count). The lowest BCUT2D eigenvalue weighted by molar-refractivity contribution is 0.414. The first kappa shape index (κ1) is 12.9. The Hall–Kier alpha value is -1.52. The van der Waals surface area contributed by atoms with E-state index in [9.17, 15) is 4.39 Å². The molecule has 0 amide bonds. The van der Waals surface area contributed by atoms with Gasteiger partial charge >= 0.3 is 0 Å². The second-order valence-corrected chi connectivity index (χ2v) is 4.81. The van der Waals surface area contributed by atoms with Crippen molar-refractivity contribution in [2.45, 2.75) is 16.3 Å². The van der Waals surface area contributed by atoms with E-state index < -0.39 is 0 Å². The molecule has 0 fully saturated rings. The third-order valence-electron chi connectivity index (χ3n) is 2.57. The summed E-state index contributed by atoms with van der Waals surface area (Å²) in [6, 6.07) is 12.6. The van der Waals surface area contributed by atoms with Gasteiger partial charge in [0, 0.05) is 21.9 Å². The van der Waals surface area contributed by atoms with Gasteiger partial charge in [0.1, 0.15) is 11.6 Å². The van der Waals surface area contributed by atoms with Gasteiger partial charge in [-0.15, -0.1) is 0 Å². The number of methoxy groups -OCH3 is 1. The molecule has 0 bridgehead atoms. The van der Waals surface area contributed by atoms with Crippen molar-refractivity contribution in [3.05, 3.63) is 53.8 Å². The Morgan fingerprint density at radius 3 is 2.50 bits per heavy atom. The summed E-state index contributed by atoms with van der Waals surface area (Å²) in [4.78, 5) is 1.87. The summed E-state index contributed by atoms with van der Waals surface area (Å²) in [6.45, 7) is 0.200. The fourth-order valence-corrected chi connectivity index (χ4v) is 2.58. The quantitative estimate of drug-likeness (QED) is 0.917. The summed E-state index contributed by atoms with van der Waals surface area (Å²) in [5.74, 6) is 0.550. The number of benzene rings is 2. The average Bonchev–Trinajstić information content (AvgIpc) is 2.40. The largest absolute Gasteiger partial charge is 0.497 e. The lowest BCUT2D eigenvalue weighted by Gasteiger charge is -2.08. The van der Waals surface area contributed by atoms with Crippen LogP contribution < -0.4 is 10.5 Å². The molecule has 0 aliphatic heterocycles. The summed E-state index contributed by atoms with van der Waals surface area (Å²) in [5.41, 5.74) is 6.13. The third-order valence-corrected chi connectivity index (χ3v) is 3.68. The molecule has 0 aliphatic rings. The summed E-state index contributed by atoms with van der Waals surface area (Å²) in [7, 11) is 1.63. The highest BCUT2D eigenvalue weighted by Crippen LogP contribution is 2.32. The van der Waals surface area contributed by atoms with Gasteiger partial charge < -0.3 is 10.5 Å². The van der Waals surface area contributed by atoms with Gasteiger partial charge in [0.15, 0.2) is 0 Å². The Kier molecular flexibility index (Phi) is 4.23. The van der Waals surface area contributed by atoms with Crippen LogP contribution in [0.4, 0.5) is 4.39 Å². The normalized spacial score (nSPS) is 10.4. The molecule has 18 heavy (non-hydrogen) atoms. The van der Waals surface area contributed by atoms with Crippen LogP contribution in [0.15, 0.2) is 52.3 Å². The van der Waals surface area contributed by atoms with Crippen LogP contribution in [0.2, 0.25) is 0 Å². The van der Waals surface area contributed by atoms with E-state index in [0.29, 0.717) is 5.56 Å². The predicted molar refractivity (Wildman–Crippen MR) is 71.4 cm³/mol. The summed E-state index contributed by atoms with van der Waals surface area (Å²) < 4.78 is 18.7. The minimum absolute atomic E-state index is 0.200. The standard InChI is InChI=1S/C14H14FNOS/c1-17-10-5-7-11(8-6-10)18-14-4-2-3-13(15)12(14)9-16/h2-8H,9,16H2,1H3. The Morgan fingerprint density at radius 1 is 1.17 bits per heavy atom. The van der Waals surface area contributed by atoms with Gasteiger partial charge in [-0.25, -0.2) is 4.39 Å². The SMILES string of the molecule is COc1ccc(Sc2cccc(F)c2CN)cc1. The molecule has 0 spiro atoms. The van der Waals surface area contributed by atoms with Crippen LogP contribution in [-0.2, 0) is 6.54 Å². The molecule has 2 aromatic carbocycles. The number of nitrogens with two attached hydrogens (primary N) is 1. The van der Waals surface area contributed by atoms with E-state index in [1.54, 1.807) is 13.2 Å². The van der Waals surface area contributed by atoms with Crippen molar-refractivity contribution in [1.82, 2.24) is 0 Å². The van der Waals surface area contributed by atoms with Crippen LogP contribution in [0.5, 0.6) is 5.75 Å². The Morgan fingerprint density at radius 2 is 1.89 bits per heavy atom. The van der Waals surface area contributed by atoms with Crippen LogP contribution in [0.1, 0.15) is 5.56 Å². The fraction of sp³-hybridized carbons (Fsp3) is 0.143. The molecule has 0 radical (unpaired) electrons. The van der Waals surface area contributed by atoms with Gasteiger partial charge in [0.25, 0.3) is 0 Å². The smallest absolute Gasteiger partial charge is 0.128 e. The van der Waals surface area contributed by atoms with Crippen molar-refractivity contribution in [3.8, 4) is 5.75 Å². The Labute approximate surface area is 110 Å². The average molecular weight is 263 g/mol. The molecule has 2 nitrogen and oxygen atoms in total. The first-order valence-electron chi connectivity index (χ1n) is 5.54. The van der Waals surface area contributed by atoms with Crippen LogP contribution in [0.3, 0.4) is 0 Å². The first-order valence-corrected chi connectivity index (χ1v) is 6.35. The highest BCUT2D eigenvalue weighted by molar-refractivity contribution is 7.99. The lowest BCUT2D eigenvalue weighted by Crippen LogP contribution is -2.01. The van der Waals surface area contributed by atoms with Crippen molar-refractivity contribution < 1.29 is 9.13 Å². The number of rotatable bonds is 4. The maximum atomic E-state index is 13.6. The summed E-state index contributed by atoms with van der Waals surface area (Å²) in [5, 5.41) is 0.